The first-order valence-corrected chi connectivity index (χ1v) is 11.3. The van der Waals surface area contributed by atoms with E-state index < -0.39 is 15.7 Å². The van der Waals surface area contributed by atoms with Gasteiger partial charge in [0.05, 0.1) is 15.8 Å². The van der Waals surface area contributed by atoms with E-state index in [0.29, 0.717) is 28.0 Å². The normalized spacial score (nSPS) is 18.9. The fourth-order valence-corrected chi connectivity index (χ4v) is 4.08. The Kier molecular flexibility index (Phi) is 5.78. The first kappa shape index (κ1) is 21.8. The Labute approximate surface area is 175 Å². The number of piperidine rings is 1. The number of aryl methyl sites for hydroxylation is 1. The van der Waals surface area contributed by atoms with Crippen LogP contribution in [0.4, 0.5) is 5.88 Å². The highest BCUT2D eigenvalue weighted by Gasteiger charge is 2.27. The monoisotopic (exact) mass is 416 g/mol. The van der Waals surface area contributed by atoms with Gasteiger partial charge in [0, 0.05) is 24.7 Å². The molecule has 0 bridgehead atoms. The number of nitrogens with zero attached hydrogens (tertiary/aromatic N) is 2. The molecular formula is C23H32N2O3S. The molecule has 1 aliphatic rings. The van der Waals surface area contributed by atoms with Crippen molar-refractivity contribution in [1.82, 2.24) is 0 Å². The summed E-state index contributed by atoms with van der Waals surface area (Å²) in [4.78, 5) is 15.0. The van der Waals surface area contributed by atoms with Crippen molar-refractivity contribution in [3.05, 3.63) is 39.5 Å². The highest BCUT2D eigenvalue weighted by atomic mass is 32.2. The molecule has 0 N–H and O–H groups in total. The number of fused-ring (bicyclic) bond motifs is 1. The van der Waals surface area contributed by atoms with Crippen LogP contribution in [0.5, 0.6) is 0 Å². The molecule has 1 unspecified atom stereocenters. The lowest BCUT2D eigenvalue weighted by molar-refractivity contribution is 0.274. The van der Waals surface area contributed by atoms with E-state index in [9.17, 15) is 9.00 Å². The first-order valence-electron chi connectivity index (χ1n) is 10.2. The second-order valence-corrected chi connectivity index (χ2v) is 11.7. The Morgan fingerprint density at radius 2 is 1.79 bits per heavy atom. The van der Waals surface area contributed by atoms with Gasteiger partial charge >= 0.3 is 0 Å². The third-order valence-corrected chi connectivity index (χ3v) is 7.01. The van der Waals surface area contributed by atoms with Gasteiger partial charge in [0.15, 0.2) is 11.3 Å². The standard InChI is InChI=1S/C23H32N2O3S/c1-15-12-17(16(2)24-29(27)22(3,4)5)21-18(13-15)19(26)14-20(28-21)25-10-8-23(6,7)9-11-25/h12-14H,8-11H2,1-7H3. The maximum atomic E-state index is 12.9. The van der Waals surface area contributed by atoms with Gasteiger partial charge in [-0.05, 0) is 70.6 Å². The summed E-state index contributed by atoms with van der Waals surface area (Å²) < 4.78 is 22.8. The topological polar surface area (TPSA) is 62.9 Å². The van der Waals surface area contributed by atoms with Crippen LogP contribution in [0.25, 0.3) is 11.0 Å². The average molecular weight is 417 g/mol. The van der Waals surface area contributed by atoms with Crippen LogP contribution in [0, 0.1) is 12.3 Å². The Morgan fingerprint density at radius 1 is 1.17 bits per heavy atom. The number of rotatable bonds is 3. The van der Waals surface area contributed by atoms with E-state index in [0.717, 1.165) is 37.1 Å². The molecule has 29 heavy (non-hydrogen) atoms. The number of hydrogen-bond donors (Lipinski definition) is 0. The molecular weight excluding hydrogens is 384 g/mol. The number of hydrogen-bond acceptors (Lipinski definition) is 4. The van der Waals surface area contributed by atoms with Gasteiger partial charge in [-0.3, -0.25) is 4.79 Å². The predicted molar refractivity (Wildman–Crippen MR) is 123 cm³/mol. The zero-order valence-electron chi connectivity index (χ0n) is 18.6. The fourth-order valence-electron chi connectivity index (χ4n) is 3.46. The van der Waals surface area contributed by atoms with Crippen molar-refractivity contribution in [2.45, 2.75) is 66.1 Å². The van der Waals surface area contributed by atoms with Crippen molar-refractivity contribution in [3.63, 3.8) is 0 Å². The van der Waals surface area contributed by atoms with E-state index in [-0.39, 0.29) is 5.43 Å². The van der Waals surface area contributed by atoms with E-state index in [2.05, 4.69) is 23.1 Å². The minimum atomic E-state index is -1.38. The highest BCUT2D eigenvalue weighted by molar-refractivity contribution is 7.85. The molecule has 1 atom stereocenters. The van der Waals surface area contributed by atoms with Crippen molar-refractivity contribution < 1.29 is 8.63 Å². The average Bonchev–Trinajstić information content (AvgIpc) is 2.60. The second kappa shape index (κ2) is 7.71. The third kappa shape index (κ3) is 4.80. The summed E-state index contributed by atoms with van der Waals surface area (Å²) in [7, 11) is -1.38. The molecule has 1 aliphatic heterocycles. The van der Waals surface area contributed by atoms with Crippen LogP contribution in [-0.2, 0) is 11.0 Å². The van der Waals surface area contributed by atoms with Gasteiger partial charge in [-0.15, -0.1) is 0 Å². The van der Waals surface area contributed by atoms with Crippen molar-refractivity contribution in [1.29, 1.82) is 0 Å². The van der Waals surface area contributed by atoms with Gasteiger partial charge in [-0.25, -0.2) is 4.21 Å². The van der Waals surface area contributed by atoms with Gasteiger partial charge < -0.3 is 9.32 Å². The Hall–Kier alpha value is -1.95. The zero-order valence-corrected chi connectivity index (χ0v) is 19.4. The van der Waals surface area contributed by atoms with Crippen LogP contribution in [0.3, 0.4) is 0 Å². The smallest absolute Gasteiger partial charge is 0.200 e. The first-order chi connectivity index (χ1) is 13.4. The second-order valence-electron chi connectivity index (χ2n) is 9.83. The van der Waals surface area contributed by atoms with E-state index in [4.69, 9.17) is 4.42 Å². The van der Waals surface area contributed by atoms with Gasteiger partial charge in [-0.1, -0.05) is 13.8 Å². The lowest BCUT2D eigenvalue weighted by atomic mass is 9.83. The maximum absolute atomic E-state index is 12.9. The van der Waals surface area contributed by atoms with Gasteiger partial charge in [0.1, 0.15) is 16.6 Å². The summed E-state index contributed by atoms with van der Waals surface area (Å²) in [6.45, 7) is 15.7. The summed E-state index contributed by atoms with van der Waals surface area (Å²) in [6, 6.07) is 5.40. The molecule has 2 heterocycles. The molecule has 158 valence electrons. The lowest BCUT2D eigenvalue weighted by Gasteiger charge is -2.37. The molecule has 0 saturated carbocycles. The van der Waals surface area contributed by atoms with E-state index in [1.165, 1.54) is 0 Å². The third-order valence-electron chi connectivity index (χ3n) is 5.52. The van der Waals surface area contributed by atoms with Crippen LogP contribution in [0.15, 0.2) is 31.8 Å². The molecule has 6 heteroatoms. The zero-order chi connectivity index (χ0) is 21.6. The summed E-state index contributed by atoms with van der Waals surface area (Å²) in [5, 5.41) is 0.539. The Balaban J connectivity index is 2.11. The Morgan fingerprint density at radius 3 is 2.38 bits per heavy atom. The molecule has 3 rings (SSSR count). The quantitative estimate of drug-likeness (QED) is 0.661. The molecule has 0 spiro atoms. The van der Waals surface area contributed by atoms with Crippen LogP contribution in [0.2, 0.25) is 0 Å². The molecule has 0 amide bonds. The van der Waals surface area contributed by atoms with Crippen molar-refractivity contribution in [3.8, 4) is 0 Å². The van der Waals surface area contributed by atoms with Gasteiger partial charge in [0.25, 0.3) is 0 Å². The Bertz CT molecular complexity index is 1030. The van der Waals surface area contributed by atoms with E-state index >= 15 is 0 Å². The largest absolute Gasteiger partial charge is 0.440 e. The van der Waals surface area contributed by atoms with Crippen LogP contribution in [-0.4, -0.2) is 27.8 Å². The number of anilines is 1. The maximum Gasteiger partial charge on any atom is 0.200 e. The number of benzene rings is 1. The molecule has 1 saturated heterocycles. The highest BCUT2D eigenvalue weighted by Crippen LogP contribution is 2.33. The lowest BCUT2D eigenvalue weighted by Crippen LogP contribution is -2.37. The molecule has 1 aromatic heterocycles. The van der Waals surface area contributed by atoms with Crippen molar-refractivity contribution in [2.24, 2.45) is 9.81 Å². The predicted octanol–water partition coefficient (Wildman–Crippen LogP) is 5.00. The van der Waals surface area contributed by atoms with Crippen molar-refractivity contribution in [2.75, 3.05) is 18.0 Å². The molecule has 1 aromatic carbocycles. The minimum absolute atomic E-state index is 0.0548. The van der Waals surface area contributed by atoms with Crippen LogP contribution < -0.4 is 10.3 Å². The van der Waals surface area contributed by atoms with Crippen LogP contribution >= 0.6 is 0 Å². The molecule has 1 fully saturated rings. The van der Waals surface area contributed by atoms with E-state index in [1.807, 2.05) is 46.8 Å². The summed E-state index contributed by atoms with van der Waals surface area (Å²) in [5.74, 6) is 0.604. The summed E-state index contributed by atoms with van der Waals surface area (Å²) in [5.41, 5.74) is 3.08. The van der Waals surface area contributed by atoms with Crippen molar-refractivity contribution >= 4 is 33.6 Å². The molecule has 2 aromatic rings. The van der Waals surface area contributed by atoms with Crippen LogP contribution in [0.1, 0.15) is 65.5 Å². The SMILES string of the molecule is CC(=NS(=O)C(C)(C)C)c1cc(C)cc2c(=O)cc(N3CCC(C)(C)CC3)oc12. The van der Waals surface area contributed by atoms with Gasteiger partial charge in [-0.2, -0.15) is 4.40 Å². The van der Waals surface area contributed by atoms with Gasteiger partial charge in [0.2, 0.25) is 0 Å². The fraction of sp³-hybridized carbons (Fsp3) is 0.565. The van der Waals surface area contributed by atoms with E-state index in [1.54, 1.807) is 6.07 Å². The minimum Gasteiger partial charge on any atom is -0.440 e. The molecule has 0 radical (unpaired) electrons. The summed E-state index contributed by atoms with van der Waals surface area (Å²) >= 11 is 0. The molecule has 5 nitrogen and oxygen atoms in total. The molecule has 0 aliphatic carbocycles. The summed E-state index contributed by atoms with van der Waals surface area (Å²) in [6.07, 6.45) is 2.11.